The highest BCUT2D eigenvalue weighted by Gasteiger charge is 2.25. The van der Waals surface area contributed by atoms with Crippen molar-refractivity contribution < 1.29 is 4.79 Å². The molecule has 1 aromatic rings. The number of halogens is 1. The minimum absolute atomic E-state index is 0.117. The number of likely N-dealkylation sites (tertiary alicyclic amines) is 1. The Kier molecular flexibility index (Phi) is 5.48. The van der Waals surface area contributed by atoms with E-state index in [9.17, 15) is 4.79 Å². The molecule has 21 heavy (non-hydrogen) atoms. The van der Waals surface area contributed by atoms with Gasteiger partial charge in [-0.05, 0) is 50.0 Å². The van der Waals surface area contributed by atoms with Gasteiger partial charge in [0.25, 0.3) is 5.91 Å². The molecule has 1 amide bonds. The summed E-state index contributed by atoms with van der Waals surface area (Å²) in [6.45, 7) is 7.31. The summed E-state index contributed by atoms with van der Waals surface area (Å²) >= 11 is 5.94. The lowest BCUT2D eigenvalue weighted by molar-refractivity contribution is 0.0927. The molecule has 1 aliphatic heterocycles. The van der Waals surface area contributed by atoms with Gasteiger partial charge in [0.2, 0.25) is 0 Å². The summed E-state index contributed by atoms with van der Waals surface area (Å²) in [5.41, 5.74) is 6.75. The molecule has 116 valence electrons. The van der Waals surface area contributed by atoms with Crippen molar-refractivity contribution >= 4 is 23.2 Å². The van der Waals surface area contributed by atoms with E-state index in [4.69, 9.17) is 17.3 Å². The molecule has 3 N–H and O–H groups in total. The minimum atomic E-state index is -0.117. The molecule has 1 atom stereocenters. The largest absolute Gasteiger partial charge is 0.399 e. The fourth-order valence-electron chi connectivity index (χ4n) is 2.90. The number of nitrogens with zero attached hydrogens (tertiary/aromatic N) is 1. The van der Waals surface area contributed by atoms with Crippen molar-refractivity contribution in [1.29, 1.82) is 0 Å². The Morgan fingerprint density at radius 3 is 2.57 bits per heavy atom. The summed E-state index contributed by atoms with van der Waals surface area (Å²) in [7, 11) is 0. The normalized spacial score (nSPS) is 17.1. The highest BCUT2D eigenvalue weighted by Crippen LogP contribution is 2.18. The molecule has 1 saturated heterocycles. The number of carbonyl (C=O) groups is 1. The van der Waals surface area contributed by atoms with Crippen molar-refractivity contribution in [2.45, 2.75) is 32.7 Å². The third-order valence-corrected chi connectivity index (χ3v) is 4.25. The quantitative estimate of drug-likeness (QED) is 0.822. The van der Waals surface area contributed by atoms with Crippen LogP contribution in [-0.4, -0.2) is 36.5 Å². The van der Waals surface area contributed by atoms with E-state index >= 15 is 0 Å². The molecule has 1 aromatic carbocycles. The lowest BCUT2D eigenvalue weighted by Gasteiger charge is -2.31. The first-order chi connectivity index (χ1) is 9.97. The molecular formula is C16H24ClN3O. The monoisotopic (exact) mass is 309 g/mol. The average molecular weight is 310 g/mol. The van der Waals surface area contributed by atoms with E-state index in [1.807, 2.05) is 0 Å². The number of nitrogens with one attached hydrogen (secondary N) is 1. The van der Waals surface area contributed by atoms with Gasteiger partial charge in [-0.3, -0.25) is 9.69 Å². The molecule has 4 nitrogen and oxygen atoms in total. The molecule has 0 spiro atoms. The topological polar surface area (TPSA) is 58.4 Å². The standard InChI is InChI=1S/C16H24ClN3O/c1-11(2)15(20-5-3-4-6-20)10-19-16(21)12-7-13(17)9-14(18)8-12/h7-9,11,15H,3-6,10,18H2,1-2H3,(H,19,21). The molecule has 0 aromatic heterocycles. The van der Waals surface area contributed by atoms with Crippen LogP contribution in [0.2, 0.25) is 5.02 Å². The van der Waals surface area contributed by atoms with E-state index in [0.29, 0.717) is 34.8 Å². The number of hydrogen-bond donors (Lipinski definition) is 2. The summed E-state index contributed by atoms with van der Waals surface area (Å²) in [5, 5.41) is 3.50. The number of nitrogens with two attached hydrogens (primary N) is 1. The third kappa shape index (κ3) is 4.35. The van der Waals surface area contributed by atoms with Crippen LogP contribution in [-0.2, 0) is 0 Å². The fourth-order valence-corrected chi connectivity index (χ4v) is 3.15. The summed E-state index contributed by atoms with van der Waals surface area (Å²) in [6.07, 6.45) is 2.50. The van der Waals surface area contributed by atoms with Crippen LogP contribution in [0.4, 0.5) is 5.69 Å². The van der Waals surface area contributed by atoms with E-state index < -0.39 is 0 Å². The molecular weight excluding hydrogens is 286 g/mol. The smallest absolute Gasteiger partial charge is 0.251 e. The van der Waals surface area contributed by atoms with E-state index in [-0.39, 0.29) is 5.91 Å². The van der Waals surface area contributed by atoms with E-state index in [1.54, 1.807) is 18.2 Å². The number of hydrogen-bond acceptors (Lipinski definition) is 3. The SMILES string of the molecule is CC(C)C(CNC(=O)c1cc(N)cc(Cl)c1)N1CCCC1. The van der Waals surface area contributed by atoms with Crippen molar-refractivity contribution in [2.24, 2.45) is 5.92 Å². The Bertz CT molecular complexity index is 478. The number of nitrogen functional groups attached to an aromatic ring is 1. The van der Waals surface area contributed by atoms with Gasteiger partial charge < -0.3 is 11.1 Å². The lowest BCUT2D eigenvalue weighted by Crippen LogP contribution is -2.45. The number of benzene rings is 1. The summed E-state index contributed by atoms with van der Waals surface area (Å²) in [4.78, 5) is 14.7. The molecule has 1 fully saturated rings. The van der Waals surface area contributed by atoms with Crippen molar-refractivity contribution in [3.63, 3.8) is 0 Å². The molecule has 1 heterocycles. The molecule has 5 heteroatoms. The van der Waals surface area contributed by atoms with Gasteiger partial charge in [-0.1, -0.05) is 25.4 Å². The number of anilines is 1. The summed E-state index contributed by atoms with van der Waals surface area (Å²) < 4.78 is 0. The second kappa shape index (κ2) is 7.14. The highest BCUT2D eigenvalue weighted by atomic mass is 35.5. The average Bonchev–Trinajstić information content (AvgIpc) is 2.91. The molecule has 0 bridgehead atoms. The first kappa shape index (κ1) is 16.1. The predicted molar refractivity (Wildman–Crippen MR) is 87.6 cm³/mol. The second-order valence-corrected chi connectivity index (χ2v) is 6.47. The van der Waals surface area contributed by atoms with Gasteiger partial charge in [-0.15, -0.1) is 0 Å². The molecule has 0 radical (unpaired) electrons. The Labute approximate surface area is 131 Å². The number of rotatable bonds is 5. The van der Waals surface area contributed by atoms with Crippen LogP contribution >= 0.6 is 11.6 Å². The van der Waals surface area contributed by atoms with Gasteiger partial charge in [0.1, 0.15) is 0 Å². The van der Waals surface area contributed by atoms with Gasteiger partial charge in [0.15, 0.2) is 0 Å². The second-order valence-electron chi connectivity index (χ2n) is 6.04. The van der Waals surface area contributed by atoms with Crippen LogP contribution in [0.1, 0.15) is 37.0 Å². The summed E-state index contributed by atoms with van der Waals surface area (Å²) in [5.74, 6) is 0.391. The van der Waals surface area contributed by atoms with Crippen LogP contribution < -0.4 is 11.1 Å². The molecule has 1 unspecified atom stereocenters. The Morgan fingerprint density at radius 2 is 2.00 bits per heavy atom. The van der Waals surface area contributed by atoms with Crippen LogP contribution in [0.5, 0.6) is 0 Å². The Hall–Kier alpha value is -1.26. The molecule has 2 rings (SSSR count). The van der Waals surface area contributed by atoms with Gasteiger partial charge in [0.05, 0.1) is 0 Å². The maximum Gasteiger partial charge on any atom is 0.251 e. The first-order valence-corrected chi connectivity index (χ1v) is 7.93. The Balaban J connectivity index is 1.98. The maximum absolute atomic E-state index is 12.2. The van der Waals surface area contributed by atoms with Gasteiger partial charge >= 0.3 is 0 Å². The van der Waals surface area contributed by atoms with Crippen LogP contribution in [0.25, 0.3) is 0 Å². The molecule has 0 aliphatic carbocycles. The van der Waals surface area contributed by atoms with Crippen molar-refractivity contribution in [1.82, 2.24) is 10.2 Å². The van der Waals surface area contributed by atoms with E-state index in [2.05, 4.69) is 24.1 Å². The number of amides is 1. The van der Waals surface area contributed by atoms with Crippen LogP contribution in [0.15, 0.2) is 18.2 Å². The summed E-state index contributed by atoms with van der Waals surface area (Å²) in [6, 6.07) is 5.32. The highest BCUT2D eigenvalue weighted by molar-refractivity contribution is 6.31. The van der Waals surface area contributed by atoms with Gasteiger partial charge in [-0.2, -0.15) is 0 Å². The van der Waals surface area contributed by atoms with Crippen LogP contribution in [0, 0.1) is 5.92 Å². The minimum Gasteiger partial charge on any atom is -0.399 e. The van der Waals surface area contributed by atoms with Crippen molar-refractivity contribution in [3.8, 4) is 0 Å². The zero-order valence-corrected chi connectivity index (χ0v) is 13.5. The predicted octanol–water partition coefficient (Wildman–Crippen LogP) is 2.77. The van der Waals surface area contributed by atoms with Crippen LogP contribution in [0.3, 0.4) is 0 Å². The van der Waals surface area contributed by atoms with Crippen molar-refractivity contribution in [3.05, 3.63) is 28.8 Å². The molecule has 1 aliphatic rings. The van der Waals surface area contributed by atoms with Gasteiger partial charge in [-0.25, -0.2) is 0 Å². The molecule has 0 saturated carbocycles. The van der Waals surface area contributed by atoms with E-state index in [0.717, 1.165) is 13.1 Å². The van der Waals surface area contributed by atoms with Gasteiger partial charge in [0, 0.05) is 28.9 Å². The maximum atomic E-state index is 12.2. The van der Waals surface area contributed by atoms with Crippen molar-refractivity contribution in [2.75, 3.05) is 25.4 Å². The zero-order valence-electron chi connectivity index (χ0n) is 12.7. The Morgan fingerprint density at radius 1 is 1.33 bits per heavy atom. The number of carbonyl (C=O) groups excluding carboxylic acids is 1. The fraction of sp³-hybridized carbons (Fsp3) is 0.562. The third-order valence-electron chi connectivity index (χ3n) is 4.03. The zero-order chi connectivity index (χ0) is 15.4. The lowest BCUT2D eigenvalue weighted by atomic mass is 10.0. The first-order valence-electron chi connectivity index (χ1n) is 7.55. The van der Waals surface area contributed by atoms with E-state index in [1.165, 1.54) is 12.8 Å².